The highest BCUT2D eigenvalue weighted by Gasteiger charge is 2.71. The Morgan fingerprint density at radius 1 is 1.00 bits per heavy atom. The van der Waals surface area contributed by atoms with E-state index in [9.17, 15) is 54.6 Å². The van der Waals surface area contributed by atoms with E-state index in [1.54, 1.807) is 20.8 Å². The first-order chi connectivity index (χ1) is 19.5. The molecule has 1 atom stereocenters. The van der Waals surface area contributed by atoms with Gasteiger partial charge in [0.25, 0.3) is 11.5 Å². The van der Waals surface area contributed by atoms with Crippen LogP contribution in [-0.2, 0) is 31.5 Å². The minimum atomic E-state index is -6.10. The van der Waals surface area contributed by atoms with Crippen LogP contribution in [0, 0.1) is 0 Å². The van der Waals surface area contributed by atoms with Crippen molar-refractivity contribution in [3.05, 3.63) is 59.2 Å². The molecule has 1 heterocycles. The molecule has 0 bridgehead atoms. The number of carbonyl (C=O) groups excluding carboxylic acids is 2. The number of amides is 2. The molecule has 9 nitrogen and oxygen atoms in total. The van der Waals surface area contributed by atoms with Crippen LogP contribution in [-0.4, -0.2) is 64.8 Å². The summed E-state index contributed by atoms with van der Waals surface area (Å²) >= 11 is 0. The van der Waals surface area contributed by atoms with Crippen LogP contribution in [0.2, 0.25) is 0 Å². The van der Waals surface area contributed by atoms with E-state index in [0.717, 1.165) is 17.0 Å². The van der Waals surface area contributed by atoms with E-state index in [1.165, 1.54) is 18.2 Å². The monoisotopic (exact) mass is 638 g/mol. The van der Waals surface area contributed by atoms with Crippen molar-refractivity contribution in [1.29, 1.82) is 0 Å². The summed E-state index contributed by atoms with van der Waals surface area (Å²) in [7, 11) is -3.93. The summed E-state index contributed by atoms with van der Waals surface area (Å²) in [5.41, 5.74) is -8.78. The van der Waals surface area contributed by atoms with Gasteiger partial charge in [0.2, 0.25) is 0 Å². The first-order valence-corrected chi connectivity index (χ1v) is 14.5. The molecule has 2 amide bonds. The highest BCUT2D eigenvalue weighted by molar-refractivity contribution is 7.91. The van der Waals surface area contributed by atoms with Gasteiger partial charge in [0.05, 0.1) is 22.8 Å². The summed E-state index contributed by atoms with van der Waals surface area (Å²) in [6, 6.07) is 4.53. The van der Waals surface area contributed by atoms with E-state index in [4.69, 9.17) is 4.74 Å². The van der Waals surface area contributed by atoms with Crippen molar-refractivity contribution >= 4 is 27.5 Å². The van der Waals surface area contributed by atoms with Gasteiger partial charge in [0.15, 0.2) is 9.84 Å². The summed E-state index contributed by atoms with van der Waals surface area (Å²) in [5, 5.41) is 22.0. The average Bonchev–Trinajstić information content (AvgIpc) is 3.42. The van der Waals surface area contributed by atoms with Gasteiger partial charge in [-0.1, -0.05) is 18.2 Å². The van der Waals surface area contributed by atoms with Crippen LogP contribution in [0.1, 0.15) is 56.3 Å². The molecule has 3 N–H and O–H groups in total. The number of rotatable bonds is 6. The van der Waals surface area contributed by atoms with E-state index < -0.39 is 68.4 Å². The molecule has 2 aromatic rings. The number of sulfone groups is 1. The number of anilines is 1. The number of alkyl halides is 6. The molecule has 1 saturated carbocycles. The van der Waals surface area contributed by atoms with Gasteiger partial charge in [-0.2, -0.15) is 26.3 Å². The number of nitrogens with one attached hydrogen (secondary N) is 1. The van der Waals surface area contributed by atoms with Crippen molar-refractivity contribution in [1.82, 2.24) is 4.90 Å². The largest absolute Gasteiger partial charge is 0.444 e. The number of halogens is 6. The Balaban J connectivity index is 1.65. The second-order valence-corrected chi connectivity index (χ2v) is 13.6. The normalized spacial score (nSPS) is 18.7. The Kier molecular flexibility index (Phi) is 7.85. The number of carbonyl (C=O) groups is 2. The summed E-state index contributed by atoms with van der Waals surface area (Å²) in [4.78, 5) is 27.3. The highest BCUT2D eigenvalue weighted by atomic mass is 32.2. The predicted molar refractivity (Wildman–Crippen MR) is 138 cm³/mol. The van der Waals surface area contributed by atoms with E-state index in [2.05, 4.69) is 5.32 Å². The fourth-order valence-electron chi connectivity index (χ4n) is 4.61. The minimum Gasteiger partial charge on any atom is -0.444 e. The molecule has 0 radical (unpaired) electrons. The third-order valence-electron chi connectivity index (χ3n) is 6.97. The van der Waals surface area contributed by atoms with Gasteiger partial charge in [0, 0.05) is 11.3 Å². The molecule has 16 heteroatoms. The Morgan fingerprint density at radius 3 is 2.05 bits per heavy atom. The van der Waals surface area contributed by atoms with Crippen molar-refractivity contribution in [2.75, 3.05) is 11.1 Å². The van der Waals surface area contributed by atoms with Crippen molar-refractivity contribution < 1.29 is 59.3 Å². The number of hydrogen-bond acceptors (Lipinski definition) is 7. The minimum absolute atomic E-state index is 0.144. The molecule has 2 aliphatic rings. The zero-order valence-electron chi connectivity index (χ0n) is 23.0. The van der Waals surface area contributed by atoms with Gasteiger partial charge in [-0.3, -0.25) is 9.69 Å². The standard InChI is InChI=1S/C27H28F6N2O7S/c1-23(2,3)42-22(37)35-13-15-12-18(43(40,41)14-24(38)10-11-24)8-9-19(15)20(35)21(36)34-17-6-4-16(5-7-17)25(39,26(28,29)30)27(31,32)33/h4-9,12,20,38-39H,10-11,13-14H2,1-3H3,(H,34,36). The van der Waals surface area contributed by atoms with Crippen LogP contribution in [0.5, 0.6) is 0 Å². The molecule has 0 saturated heterocycles. The van der Waals surface area contributed by atoms with Crippen molar-refractivity contribution in [2.45, 2.75) is 80.3 Å². The van der Waals surface area contributed by atoms with Gasteiger partial charge in [-0.15, -0.1) is 0 Å². The number of nitrogens with zero attached hydrogens (tertiary/aromatic N) is 1. The molecule has 2 aromatic carbocycles. The molecular weight excluding hydrogens is 610 g/mol. The van der Waals surface area contributed by atoms with Gasteiger partial charge < -0.3 is 20.3 Å². The van der Waals surface area contributed by atoms with Gasteiger partial charge in [-0.25, -0.2) is 13.2 Å². The van der Waals surface area contributed by atoms with E-state index in [1.807, 2.05) is 0 Å². The third-order valence-corrected chi connectivity index (χ3v) is 8.86. The summed E-state index contributed by atoms with van der Waals surface area (Å²) < 4.78 is 110. The lowest BCUT2D eigenvalue weighted by molar-refractivity contribution is -0.376. The lowest BCUT2D eigenvalue weighted by atomic mass is 9.92. The number of hydrogen-bond donors (Lipinski definition) is 3. The number of fused-ring (bicyclic) bond motifs is 1. The summed E-state index contributed by atoms with van der Waals surface area (Å²) in [5.74, 6) is -1.44. The molecule has 1 aliphatic heterocycles. The molecule has 1 unspecified atom stereocenters. The van der Waals surface area contributed by atoms with Gasteiger partial charge >= 0.3 is 18.4 Å². The molecule has 4 rings (SSSR count). The summed E-state index contributed by atoms with van der Waals surface area (Å²) in [6.45, 7) is 4.45. The summed E-state index contributed by atoms with van der Waals surface area (Å²) in [6.07, 6.45) is -12.5. The van der Waals surface area contributed by atoms with Gasteiger partial charge in [0.1, 0.15) is 11.6 Å². The van der Waals surface area contributed by atoms with Crippen LogP contribution in [0.25, 0.3) is 0 Å². The van der Waals surface area contributed by atoms with Crippen LogP contribution in [0.4, 0.5) is 36.8 Å². The third kappa shape index (κ3) is 6.45. The Hall–Kier alpha value is -3.37. The molecule has 236 valence electrons. The molecule has 0 aromatic heterocycles. The van der Waals surface area contributed by atoms with Crippen LogP contribution >= 0.6 is 0 Å². The second kappa shape index (κ2) is 10.4. The maximum atomic E-state index is 13.4. The Bertz CT molecular complexity index is 1510. The van der Waals surface area contributed by atoms with Crippen LogP contribution in [0.15, 0.2) is 47.4 Å². The molecule has 0 spiro atoms. The predicted octanol–water partition coefficient (Wildman–Crippen LogP) is 4.73. The maximum Gasteiger partial charge on any atom is 0.430 e. The molecule has 1 aliphatic carbocycles. The van der Waals surface area contributed by atoms with E-state index in [-0.39, 0.29) is 28.3 Å². The first kappa shape index (κ1) is 32.5. The van der Waals surface area contributed by atoms with Crippen molar-refractivity contribution in [3.63, 3.8) is 0 Å². The second-order valence-electron chi connectivity index (χ2n) is 11.6. The van der Waals surface area contributed by atoms with E-state index in [0.29, 0.717) is 25.0 Å². The smallest absolute Gasteiger partial charge is 0.430 e. The SMILES string of the molecule is CC(C)(C)OC(=O)N1Cc2cc(S(=O)(=O)CC3(O)CC3)ccc2C1C(=O)Nc1ccc(C(O)(C(F)(F)F)C(F)(F)F)cc1. The zero-order chi connectivity index (χ0) is 32.4. The van der Waals surface area contributed by atoms with Crippen LogP contribution in [0.3, 0.4) is 0 Å². The fourth-order valence-corrected chi connectivity index (χ4v) is 6.37. The molecule has 1 fully saturated rings. The van der Waals surface area contributed by atoms with Crippen LogP contribution < -0.4 is 5.32 Å². The number of benzene rings is 2. The molecule has 43 heavy (non-hydrogen) atoms. The first-order valence-electron chi connectivity index (χ1n) is 12.8. The number of ether oxygens (including phenoxy) is 1. The fraction of sp³-hybridized carbons (Fsp3) is 0.481. The lowest BCUT2D eigenvalue weighted by Gasteiger charge is -2.32. The van der Waals surface area contributed by atoms with E-state index >= 15 is 0 Å². The number of aliphatic hydroxyl groups is 2. The highest BCUT2D eigenvalue weighted by Crippen LogP contribution is 2.50. The van der Waals surface area contributed by atoms with Crippen molar-refractivity contribution in [2.24, 2.45) is 0 Å². The van der Waals surface area contributed by atoms with Crippen molar-refractivity contribution in [3.8, 4) is 0 Å². The van der Waals surface area contributed by atoms with Gasteiger partial charge in [-0.05, 0) is 69.0 Å². The topological polar surface area (TPSA) is 133 Å². The zero-order valence-corrected chi connectivity index (χ0v) is 23.8. The Morgan fingerprint density at radius 2 is 1.56 bits per heavy atom. The lowest BCUT2D eigenvalue weighted by Crippen LogP contribution is -2.53. The Labute approximate surface area is 242 Å². The average molecular weight is 639 g/mol. The maximum absolute atomic E-state index is 13.4. The molecular formula is C27H28F6N2O7S. The quantitative estimate of drug-likeness (QED) is 0.390.